The lowest BCUT2D eigenvalue weighted by Gasteiger charge is -2.07. The maximum atomic E-state index is 11.3. The number of nitrogens with one attached hydrogen (secondary N) is 2. The van der Waals surface area contributed by atoms with Gasteiger partial charge in [0.2, 0.25) is 11.8 Å². The number of hydrogen-bond donors (Lipinski definition) is 3. The predicted molar refractivity (Wildman–Crippen MR) is 73.5 cm³/mol. The number of rotatable bonds is 8. The molecular formula is C12H24ClN3O2. The van der Waals surface area contributed by atoms with Crippen LogP contribution in [0.25, 0.3) is 0 Å². The van der Waals surface area contributed by atoms with Crippen molar-refractivity contribution in [3.05, 3.63) is 0 Å². The van der Waals surface area contributed by atoms with E-state index in [-0.39, 0.29) is 30.3 Å². The van der Waals surface area contributed by atoms with E-state index >= 15 is 0 Å². The number of carbonyl (C=O) groups is 2. The van der Waals surface area contributed by atoms with Gasteiger partial charge in [0, 0.05) is 31.5 Å². The number of nitrogens with two attached hydrogens (primary N) is 1. The molecule has 4 N–H and O–H groups in total. The normalized spacial score (nSPS) is 15.4. The SMILES string of the molecule is CC(N)CCC(=O)NCCCC(=O)NC1CC1.Cl. The zero-order chi connectivity index (χ0) is 12.7. The van der Waals surface area contributed by atoms with Crippen LogP contribution in [0.2, 0.25) is 0 Å². The maximum Gasteiger partial charge on any atom is 0.220 e. The predicted octanol–water partition coefficient (Wildman–Crippen LogP) is 0.711. The van der Waals surface area contributed by atoms with Crippen LogP contribution in [0, 0.1) is 0 Å². The first-order valence-electron chi connectivity index (χ1n) is 6.39. The van der Waals surface area contributed by atoms with Gasteiger partial charge >= 0.3 is 0 Å². The third-order valence-corrected chi connectivity index (χ3v) is 2.67. The van der Waals surface area contributed by atoms with Crippen molar-refractivity contribution < 1.29 is 9.59 Å². The molecule has 0 bridgehead atoms. The lowest BCUT2D eigenvalue weighted by atomic mass is 10.2. The van der Waals surface area contributed by atoms with E-state index in [1.165, 1.54) is 0 Å². The first kappa shape index (κ1) is 17.2. The Morgan fingerprint density at radius 3 is 2.50 bits per heavy atom. The minimum Gasteiger partial charge on any atom is -0.356 e. The number of hydrogen-bond acceptors (Lipinski definition) is 3. The second-order valence-corrected chi connectivity index (χ2v) is 4.81. The molecule has 6 heteroatoms. The summed E-state index contributed by atoms with van der Waals surface area (Å²) in [7, 11) is 0. The van der Waals surface area contributed by atoms with Gasteiger partial charge in [-0.3, -0.25) is 9.59 Å². The van der Waals surface area contributed by atoms with Gasteiger partial charge in [0.15, 0.2) is 0 Å². The van der Waals surface area contributed by atoms with Crippen molar-refractivity contribution in [1.82, 2.24) is 10.6 Å². The van der Waals surface area contributed by atoms with E-state index in [2.05, 4.69) is 10.6 Å². The van der Waals surface area contributed by atoms with Crippen LogP contribution in [0.4, 0.5) is 0 Å². The molecule has 1 aliphatic carbocycles. The Kier molecular flexibility index (Phi) is 8.75. The summed E-state index contributed by atoms with van der Waals surface area (Å²) in [5.74, 6) is 0.113. The second kappa shape index (κ2) is 9.16. The van der Waals surface area contributed by atoms with E-state index in [9.17, 15) is 9.59 Å². The Labute approximate surface area is 115 Å². The highest BCUT2D eigenvalue weighted by atomic mass is 35.5. The van der Waals surface area contributed by atoms with E-state index < -0.39 is 0 Å². The van der Waals surface area contributed by atoms with E-state index in [0.29, 0.717) is 38.3 Å². The Morgan fingerprint density at radius 1 is 1.28 bits per heavy atom. The van der Waals surface area contributed by atoms with Crippen LogP contribution in [0.5, 0.6) is 0 Å². The van der Waals surface area contributed by atoms with Gasteiger partial charge in [-0.1, -0.05) is 0 Å². The van der Waals surface area contributed by atoms with Crippen molar-refractivity contribution >= 4 is 24.2 Å². The average Bonchev–Trinajstić information content (AvgIpc) is 3.05. The standard InChI is InChI=1S/C12H23N3O2.ClH/c1-9(13)4-7-11(16)14-8-2-3-12(17)15-10-5-6-10;/h9-10H,2-8,13H2,1H3,(H,14,16)(H,15,17);1H. The smallest absolute Gasteiger partial charge is 0.220 e. The number of amides is 2. The highest BCUT2D eigenvalue weighted by molar-refractivity contribution is 5.85. The van der Waals surface area contributed by atoms with Crippen LogP contribution in [0.3, 0.4) is 0 Å². The molecule has 0 aromatic rings. The lowest BCUT2D eigenvalue weighted by Crippen LogP contribution is -2.29. The molecule has 0 radical (unpaired) electrons. The molecule has 0 spiro atoms. The van der Waals surface area contributed by atoms with Gasteiger partial charge in [-0.05, 0) is 32.6 Å². The van der Waals surface area contributed by atoms with Crippen LogP contribution in [-0.2, 0) is 9.59 Å². The van der Waals surface area contributed by atoms with E-state index in [1.807, 2.05) is 6.92 Å². The number of halogens is 1. The minimum atomic E-state index is 0. The Hall–Kier alpha value is -0.810. The topological polar surface area (TPSA) is 84.2 Å². The van der Waals surface area contributed by atoms with Crippen LogP contribution in [-0.4, -0.2) is 30.4 Å². The van der Waals surface area contributed by atoms with Crippen molar-refractivity contribution in [2.75, 3.05) is 6.54 Å². The summed E-state index contributed by atoms with van der Waals surface area (Å²) >= 11 is 0. The zero-order valence-electron chi connectivity index (χ0n) is 10.9. The summed E-state index contributed by atoms with van der Waals surface area (Å²) in [6.45, 7) is 2.45. The van der Waals surface area contributed by atoms with Crippen molar-refractivity contribution in [3.63, 3.8) is 0 Å². The van der Waals surface area contributed by atoms with Crippen molar-refractivity contribution in [2.24, 2.45) is 5.73 Å². The summed E-state index contributed by atoms with van der Waals surface area (Å²) in [4.78, 5) is 22.6. The highest BCUT2D eigenvalue weighted by Crippen LogP contribution is 2.18. The fourth-order valence-electron chi connectivity index (χ4n) is 1.45. The average molecular weight is 278 g/mol. The molecule has 1 fully saturated rings. The first-order valence-corrected chi connectivity index (χ1v) is 6.39. The zero-order valence-corrected chi connectivity index (χ0v) is 11.7. The molecule has 5 nitrogen and oxygen atoms in total. The molecule has 106 valence electrons. The Balaban J connectivity index is 0.00000289. The van der Waals surface area contributed by atoms with Crippen LogP contribution < -0.4 is 16.4 Å². The van der Waals surface area contributed by atoms with Gasteiger partial charge in [-0.25, -0.2) is 0 Å². The molecular weight excluding hydrogens is 254 g/mol. The Bertz CT molecular complexity index is 268. The third kappa shape index (κ3) is 9.24. The molecule has 1 unspecified atom stereocenters. The van der Waals surface area contributed by atoms with Crippen molar-refractivity contribution in [2.45, 2.75) is 57.5 Å². The van der Waals surface area contributed by atoms with Gasteiger partial charge in [0.25, 0.3) is 0 Å². The molecule has 0 aliphatic heterocycles. The fraction of sp³-hybridized carbons (Fsp3) is 0.833. The van der Waals surface area contributed by atoms with E-state index in [4.69, 9.17) is 5.73 Å². The maximum absolute atomic E-state index is 11.3. The summed E-state index contributed by atoms with van der Waals surface area (Å²) in [6.07, 6.45) is 4.58. The Morgan fingerprint density at radius 2 is 1.94 bits per heavy atom. The van der Waals surface area contributed by atoms with Crippen molar-refractivity contribution in [1.29, 1.82) is 0 Å². The van der Waals surface area contributed by atoms with E-state index in [0.717, 1.165) is 12.8 Å². The molecule has 0 aromatic heterocycles. The third-order valence-electron chi connectivity index (χ3n) is 2.67. The van der Waals surface area contributed by atoms with Crippen LogP contribution in [0.1, 0.15) is 45.4 Å². The molecule has 18 heavy (non-hydrogen) atoms. The molecule has 1 aliphatic rings. The first-order chi connectivity index (χ1) is 8.08. The summed E-state index contributed by atoms with van der Waals surface area (Å²) in [6, 6.07) is 0.480. The minimum absolute atomic E-state index is 0. The van der Waals surface area contributed by atoms with Gasteiger partial charge in [0.05, 0.1) is 0 Å². The molecule has 0 heterocycles. The van der Waals surface area contributed by atoms with Gasteiger partial charge in [-0.15, -0.1) is 12.4 Å². The second-order valence-electron chi connectivity index (χ2n) is 4.81. The van der Waals surface area contributed by atoms with Crippen LogP contribution in [0.15, 0.2) is 0 Å². The largest absolute Gasteiger partial charge is 0.356 e. The quantitative estimate of drug-likeness (QED) is 0.571. The molecule has 0 saturated heterocycles. The summed E-state index contributed by atoms with van der Waals surface area (Å²) in [5.41, 5.74) is 5.55. The lowest BCUT2D eigenvalue weighted by molar-refractivity contribution is -0.123. The van der Waals surface area contributed by atoms with Crippen molar-refractivity contribution in [3.8, 4) is 0 Å². The molecule has 0 aromatic carbocycles. The summed E-state index contributed by atoms with van der Waals surface area (Å²) in [5, 5.41) is 5.70. The highest BCUT2D eigenvalue weighted by Gasteiger charge is 2.22. The van der Waals surface area contributed by atoms with Gasteiger partial charge < -0.3 is 16.4 Å². The molecule has 1 atom stereocenters. The summed E-state index contributed by atoms with van der Waals surface area (Å²) < 4.78 is 0. The molecule has 1 saturated carbocycles. The fourth-order valence-corrected chi connectivity index (χ4v) is 1.45. The van der Waals surface area contributed by atoms with E-state index in [1.54, 1.807) is 0 Å². The van der Waals surface area contributed by atoms with Gasteiger partial charge in [-0.2, -0.15) is 0 Å². The monoisotopic (exact) mass is 277 g/mol. The van der Waals surface area contributed by atoms with Crippen LogP contribution >= 0.6 is 12.4 Å². The molecule has 1 rings (SSSR count). The molecule has 2 amide bonds. The number of carbonyl (C=O) groups excluding carboxylic acids is 2. The van der Waals surface area contributed by atoms with Gasteiger partial charge in [0.1, 0.15) is 0 Å².